The largest absolute Gasteiger partial charge is 0.358 e. The Balaban J connectivity index is 0.000000623. The summed E-state index contributed by atoms with van der Waals surface area (Å²) in [6.07, 6.45) is 3.19. The third-order valence-corrected chi connectivity index (χ3v) is 6.13. The Bertz CT molecular complexity index is 1260. The number of carbonyl (C=O) groups is 2. The Labute approximate surface area is 204 Å². The van der Waals surface area contributed by atoms with Gasteiger partial charge >= 0.3 is 0 Å². The molecule has 2 amide bonds. The number of hydrogen-bond acceptors (Lipinski definition) is 5. The lowest BCUT2D eigenvalue weighted by atomic mass is 10.0. The zero-order valence-corrected chi connectivity index (χ0v) is 21.1. The third-order valence-electron chi connectivity index (χ3n) is 6.13. The molecule has 0 bridgehead atoms. The highest BCUT2D eigenvalue weighted by molar-refractivity contribution is 7.85. The molecule has 190 valence electrons. The van der Waals surface area contributed by atoms with Gasteiger partial charge in [-0.05, 0) is 49.9 Å². The van der Waals surface area contributed by atoms with Crippen LogP contribution in [-0.4, -0.2) is 78.5 Å². The van der Waals surface area contributed by atoms with Crippen molar-refractivity contribution in [2.75, 3.05) is 44.3 Å². The SMILES string of the molecule is CCN(CC)CCN1CCc2[nH]c(/C=C3\C(=O)Nc4ccc(F)cc43)c(C)c2C1=O.CS(=O)(=O)O. The molecule has 11 heteroatoms. The number of hydrogen-bond donors (Lipinski definition) is 3. The Hall–Kier alpha value is -3.02. The first kappa shape index (κ1) is 26.6. The van der Waals surface area contributed by atoms with E-state index in [2.05, 4.69) is 29.0 Å². The fourth-order valence-corrected chi connectivity index (χ4v) is 4.27. The van der Waals surface area contributed by atoms with E-state index in [9.17, 15) is 22.4 Å². The number of likely N-dealkylation sites (N-methyl/N-ethyl adjacent to an activating group) is 1. The molecule has 4 rings (SSSR count). The summed E-state index contributed by atoms with van der Waals surface area (Å²) in [6, 6.07) is 4.25. The number of aromatic nitrogens is 1. The maximum Gasteiger partial charge on any atom is 0.261 e. The lowest BCUT2D eigenvalue weighted by Gasteiger charge is -2.29. The third kappa shape index (κ3) is 6.36. The van der Waals surface area contributed by atoms with Crippen LogP contribution in [0.25, 0.3) is 11.6 Å². The van der Waals surface area contributed by atoms with Crippen LogP contribution in [-0.2, 0) is 21.3 Å². The van der Waals surface area contributed by atoms with Crippen LogP contribution in [0.5, 0.6) is 0 Å². The van der Waals surface area contributed by atoms with Crippen molar-refractivity contribution in [3.05, 3.63) is 52.1 Å². The number of nitrogens with one attached hydrogen (secondary N) is 2. The Morgan fingerprint density at radius 1 is 1.23 bits per heavy atom. The van der Waals surface area contributed by atoms with Gasteiger partial charge < -0.3 is 20.1 Å². The number of H-pyrrole nitrogens is 1. The molecule has 9 nitrogen and oxygen atoms in total. The average Bonchev–Trinajstić information content (AvgIpc) is 3.26. The Morgan fingerprint density at radius 2 is 1.89 bits per heavy atom. The van der Waals surface area contributed by atoms with E-state index in [0.29, 0.717) is 41.7 Å². The van der Waals surface area contributed by atoms with E-state index in [1.54, 1.807) is 12.1 Å². The molecule has 0 saturated heterocycles. The van der Waals surface area contributed by atoms with Gasteiger partial charge in [-0.15, -0.1) is 0 Å². The second-order valence-electron chi connectivity index (χ2n) is 8.52. The van der Waals surface area contributed by atoms with Gasteiger partial charge in [-0.2, -0.15) is 8.42 Å². The van der Waals surface area contributed by atoms with Gasteiger partial charge in [-0.1, -0.05) is 13.8 Å². The second kappa shape index (κ2) is 10.7. The molecule has 0 spiro atoms. The summed E-state index contributed by atoms with van der Waals surface area (Å²) in [6.45, 7) is 10.3. The van der Waals surface area contributed by atoms with Crippen molar-refractivity contribution in [2.45, 2.75) is 27.2 Å². The minimum absolute atomic E-state index is 0.0316. The zero-order chi connectivity index (χ0) is 25.9. The van der Waals surface area contributed by atoms with Gasteiger partial charge in [-0.25, -0.2) is 4.39 Å². The average molecular weight is 507 g/mol. The van der Waals surface area contributed by atoms with E-state index in [1.807, 2.05) is 11.8 Å². The normalized spacial score (nSPS) is 16.2. The molecule has 2 aliphatic heterocycles. The summed E-state index contributed by atoms with van der Waals surface area (Å²) >= 11 is 0. The molecule has 2 aromatic rings. The molecule has 0 saturated carbocycles. The van der Waals surface area contributed by atoms with Gasteiger partial charge in [0.1, 0.15) is 5.82 Å². The van der Waals surface area contributed by atoms with Gasteiger partial charge in [-0.3, -0.25) is 14.1 Å². The van der Waals surface area contributed by atoms with E-state index in [1.165, 1.54) is 12.1 Å². The molecule has 0 atom stereocenters. The maximum atomic E-state index is 13.7. The smallest absolute Gasteiger partial charge is 0.261 e. The van der Waals surface area contributed by atoms with Gasteiger partial charge in [0.05, 0.1) is 17.4 Å². The maximum absolute atomic E-state index is 13.7. The number of nitrogens with zero attached hydrogens (tertiary/aromatic N) is 2. The topological polar surface area (TPSA) is 123 Å². The Kier molecular flexibility index (Phi) is 8.14. The number of carbonyl (C=O) groups excluding carboxylic acids is 2. The number of fused-ring (bicyclic) bond motifs is 2. The van der Waals surface area contributed by atoms with E-state index in [0.717, 1.165) is 43.0 Å². The molecule has 1 aromatic carbocycles. The molecule has 1 aromatic heterocycles. The van der Waals surface area contributed by atoms with E-state index in [4.69, 9.17) is 4.55 Å². The lowest BCUT2D eigenvalue weighted by Crippen LogP contribution is -2.42. The standard InChI is InChI=1S/C23H27FN4O2.CH4O3S/c1-4-27(5-2)10-11-28-9-8-19-21(23(28)30)14(3)20(25-19)13-17-16-12-15(24)6-7-18(16)26-22(17)29;1-5(2,3)4/h6-7,12-13,25H,4-5,8-11H2,1-3H3,(H,26,29);1H3,(H,2,3,4)/b17-13-;. The highest BCUT2D eigenvalue weighted by Crippen LogP contribution is 2.35. The van der Waals surface area contributed by atoms with Crippen LogP contribution in [0, 0.1) is 12.7 Å². The van der Waals surface area contributed by atoms with Crippen molar-refractivity contribution in [3.63, 3.8) is 0 Å². The summed E-state index contributed by atoms with van der Waals surface area (Å²) in [5.74, 6) is -0.628. The molecule has 0 unspecified atom stereocenters. The highest BCUT2D eigenvalue weighted by atomic mass is 32.2. The van der Waals surface area contributed by atoms with E-state index < -0.39 is 15.9 Å². The van der Waals surface area contributed by atoms with Crippen LogP contribution < -0.4 is 5.32 Å². The Morgan fingerprint density at radius 3 is 2.51 bits per heavy atom. The first-order valence-corrected chi connectivity index (χ1v) is 13.3. The summed E-state index contributed by atoms with van der Waals surface area (Å²) in [7, 11) is -3.67. The molecule has 0 fully saturated rings. The number of rotatable bonds is 6. The summed E-state index contributed by atoms with van der Waals surface area (Å²) in [5.41, 5.74) is 4.69. The predicted octanol–water partition coefficient (Wildman–Crippen LogP) is 2.80. The van der Waals surface area contributed by atoms with Crippen LogP contribution in [0.15, 0.2) is 18.2 Å². The summed E-state index contributed by atoms with van der Waals surface area (Å²) in [4.78, 5) is 33.1. The minimum atomic E-state index is -3.67. The molecule has 0 aliphatic carbocycles. The number of halogens is 1. The summed E-state index contributed by atoms with van der Waals surface area (Å²) < 4.78 is 39.6. The quantitative estimate of drug-likeness (QED) is 0.409. The molecule has 3 N–H and O–H groups in total. The van der Waals surface area contributed by atoms with Gasteiger partial charge in [0.25, 0.3) is 21.9 Å². The first-order chi connectivity index (χ1) is 16.4. The fourth-order valence-electron chi connectivity index (χ4n) is 4.27. The molecule has 35 heavy (non-hydrogen) atoms. The van der Waals surface area contributed by atoms with Gasteiger partial charge in [0.15, 0.2) is 0 Å². The number of anilines is 1. The van der Waals surface area contributed by atoms with Crippen molar-refractivity contribution in [3.8, 4) is 0 Å². The molecule has 3 heterocycles. The number of benzene rings is 1. The molecule has 0 radical (unpaired) electrons. The van der Waals surface area contributed by atoms with Crippen molar-refractivity contribution in [2.24, 2.45) is 0 Å². The predicted molar refractivity (Wildman–Crippen MR) is 133 cm³/mol. The van der Waals surface area contributed by atoms with Crippen LogP contribution >= 0.6 is 0 Å². The number of aromatic amines is 1. The van der Waals surface area contributed by atoms with Crippen LogP contribution in [0.2, 0.25) is 0 Å². The molecule has 2 aliphatic rings. The first-order valence-electron chi connectivity index (χ1n) is 11.4. The lowest BCUT2D eigenvalue weighted by molar-refractivity contribution is -0.110. The van der Waals surface area contributed by atoms with Crippen molar-refractivity contribution < 1.29 is 27.0 Å². The van der Waals surface area contributed by atoms with Crippen molar-refractivity contribution >= 4 is 39.3 Å². The fraction of sp³-hybridized carbons (Fsp3) is 0.417. The highest BCUT2D eigenvalue weighted by Gasteiger charge is 2.30. The van der Waals surface area contributed by atoms with Gasteiger partial charge in [0, 0.05) is 48.7 Å². The number of amides is 2. The minimum Gasteiger partial charge on any atom is -0.358 e. The zero-order valence-electron chi connectivity index (χ0n) is 20.3. The second-order valence-corrected chi connectivity index (χ2v) is 9.99. The monoisotopic (exact) mass is 506 g/mol. The van der Waals surface area contributed by atoms with Crippen LogP contribution in [0.4, 0.5) is 10.1 Å². The van der Waals surface area contributed by atoms with Crippen LogP contribution in [0.1, 0.15) is 46.7 Å². The van der Waals surface area contributed by atoms with Gasteiger partial charge in [0.2, 0.25) is 0 Å². The summed E-state index contributed by atoms with van der Waals surface area (Å²) in [5, 5.41) is 2.76. The van der Waals surface area contributed by atoms with E-state index in [-0.39, 0.29) is 11.8 Å². The van der Waals surface area contributed by atoms with Crippen molar-refractivity contribution in [1.82, 2.24) is 14.8 Å². The van der Waals surface area contributed by atoms with Crippen LogP contribution in [0.3, 0.4) is 0 Å². The molecular formula is C24H31FN4O5S. The van der Waals surface area contributed by atoms with Crippen molar-refractivity contribution in [1.29, 1.82) is 0 Å². The molecular weight excluding hydrogens is 475 g/mol. The van der Waals surface area contributed by atoms with E-state index >= 15 is 0 Å².